The maximum absolute atomic E-state index is 12.8. The summed E-state index contributed by atoms with van der Waals surface area (Å²) in [6.45, 7) is 9.49. The second kappa shape index (κ2) is 9.36. The molecular weight excluding hydrogens is 382 g/mol. The van der Waals surface area contributed by atoms with Crippen LogP contribution >= 0.6 is 0 Å². The molecule has 1 aliphatic rings. The predicted molar refractivity (Wildman–Crippen MR) is 128 cm³/mol. The van der Waals surface area contributed by atoms with E-state index in [1.807, 2.05) is 36.1 Å². The molecule has 1 heterocycles. The number of rotatable bonds is 4. The van der Waals surface area contributed by atoms with Crippen molar-refractivity contribution in [1.82, 2.24) is 9.80 Å². The number of nitrogens with zero attached hydrogens (tertiary/aromatic N) is 2. The average molecular weight is 414 g/mol. The Bertz CT molecular complexity index is 1040. The first-order valence-corrected chi connectivity index (χ1v) is 11.0. The zero-order valence-corrected chi connectivity index (χ0v) is 18.6. The number of nitrogens with one attached hydrogen (secondary N) is 1. The topological polar surface area (TPSA) is 35.6 Å². The van der Waals surface area contributed by atoms with E-state index in [4.69, 9.17) is 0 Å². The molecule has 31 heavy (non-hydrogen) atoms. The lowest BCUT2D eigenvalue weighted by Crippen LogP contribution is -2.51. The molecule has 0 saturated carbocycles. The minimum atomic E-state index is -0.0201. The molecule has 0 aromatic heterocycles. The summed E-state index contributed by atoms with van der Waals surface area (Å²) >= 11 is 0. The summed E-state index contributed by atoms with van der Waals surface area (Å²) < 4.78 is 0. The fourth-order valence-electron chi connectivity index (χ4n) is 4.39. The monoisotopic (exact) mass is 413 g/mol. The lowest BCUT2D eigenvalue weighted by molar-refractivity contribution is 0.126. The first kappa shape index (κ1) is 21.1. The van der Waals surface area contributed by atoms with E-state index in [2.05, 4.69) is 72.6 Å². The summed E-state index contributed by atoms with van der Waals surface area (Å²) in [4.78, 5) is 17.2. The van der Waals surface area contributed by atoms with E-state index in [9.17, 15) is 4.79 Å². The van der Waals surface area contributed by atoms with Gasteiger partial charge in [0.05, 0.1) is 6.04 Å². The Balaban J connectivity index is 1.50. The van der Waals surface area contributed by atoms with Gasteiger partial charge in [-0.2, -0.15) is 0 Å². The maximum Gasteiger partial charge on any atom is 0.321 e. The van der Waals surface area contributed by atoms with E-state index in [1.165, 1.54) is 22.3 Å². The standard InChI is InChI=1S/C27H31N3O/c1-20-8-7-11-24(18-20)28-27(31)30-16-14-29(15-17-30)26(23-9-5-4-6-10-23)25-19-21(2)12-13-22(25)3/h4-13,18-19,26H,14-17H2,1-3H3,(H,28,31)/t26-/m0/s1. The number of urea groups is 1. The number of amides is 2. The number of benzene rings is 3. The second-order valence-corrected chi connectivity index (χ2v) is 8.50. The fraction of sp³-hybridized carbons (Fsp3) is 0.296. The Morgan fingerprint density at radius 2 is 1.52 bits per heavy atom. The number of hydrogen-bond acceptors (Lipinski definition) is 2. The lowest BCUT2D eigenvalue weighted by atomic mass is 9.92. The van der Waals surface area contributed by atoms with Crippen molar-refractivity contribution >= 4 is 11.7 Å². The van der Waals surface area contributed by atoms with Crippen molar-refractivity contribution in [3.05, 3.63) is 101 Å². The molecule has 0 radical (unpaired) electrons. The van der Waals surface area contributed by atoms with E-state index in [0.29, 0.717) is 13.1 Å². The van der Waals surface area contributed by atoms with Gasteiger partial charge in [0, 0.05) is 31.9 Å². The zero-order chi connectivity index (χ0) is 21.8. The minimum absolute atomic E-state index is 0.0201. The largest absolute Gasteiger partial charge is 0.322 e. The first-order valence-electron chi connectivity index (χ1n) is 11.0. The molecule has 2 amide bonds. The molecule has 1 atom stereocenters. The molecule has 4 rings (SSSR count). The van der Waals surface area contributed by atoms with Gasteiger partial charge in [-0.05, 0) is 55.2 Å². The van der Waals surface area contributed by atoms with E-state index in [1.54, 1.807) is 0 Å². The van der Waals surface area contributed by atoms with Gasteiger partial charge in [0.25, 0.3) is 0 Å². The Morgan fingerprint density at radius 1 is 0.806 bits per heavy atom. The van der Waals surface area contributed by atoms with Gasteiger partial charge in [-0.25, -0.2) is 4.79 Å². The molecule has 3 aromatic rings. The van der Waals surface area contributed by atoms with E-state index in [-0.39, 0.29) is 12.1 Å². The van der Waals surface area contributed by atoms with Crippen LogP contribution in [0.15, 0.2) is 72.8 Å². The maximum atomic E-state index is 12.8. The third-order valence-electron chi connectivity index (χ3n) is 6.08. The summed E-state index contributed by atoms with van der Waals surface area (Å²) in [6, 6.07) is 25.5. The van der Waals surface area contributed by atoms with Crippen LogP contribution < -0.4 is 5.32 Å². The van der Waals surface area contributed by atoms with Crippen LogP contribution in [-0.4, -0.2) is 42.0 Å². The Morgan fingerprint density at radius 3 is 2.23 bits per heavy atom. The van der Waals surface area contributed by atoms with Crippen molar-refractivity contribution < 1.29 is 4.79 Å². The second-order valence-electron chi connectivity index (χ2n) is 8.50. The van der Waals surface area contributed by atoms with Crippen molar-refractivity contribution in [1.29, 1.82) is 0 Å². The summed E-state index contributed by atoms with van der Waals surface area (Å²) in [6.07, 6.45) is 0. The van der Waals surface area contributed by atoms with E-state index in [0.717, 1.165) is 24.3 Å². The number of aryl methyl sites for hydroxylation is 3. The number of carbonyl (C=O) groups is 1. The van der Waals surface area contributed by atoms with Gasteiger partial charge in [-0.3, -0.25) is 4.90 Å². The lowest BCUT2D eigenvalue weighted by Gasteiger charge is -2.40. The molecule has 160 valence electrons. The Kier molecular flexibility index (Phi) is 6.38. The normalized spacial score (nSPS) is 15.5. The van der Waals surface area contributed by atoms with Crippen LogP contribution in [0.5, 0.6) is 0 Å². The average Bonchev–Trinajstić information content (AvgIpc) is 2.77. The minimum Gasteiger partial charge on any atom is -0.322 e. The summed E-state index contributed by atoms with van der Waals surface area (Å²) in [5.74, 6) is 0. The molecule has 1 aliphatic heterocycles. The first-order chi connectivity index (χ1) is 15.0. The summed E-state index contributed by atoms with van der Waals surface area (Å²) in [7, 11) is 0. The number of anilines is 1. The SMILES string of the molecule is Cc1cccc(NC(=O)N2CCN([C@@H](c3ccccc3)c3cc(C)ccc3C)CC2)c1. The molecule has 1 N–H and O–H groups in total. The van der Waals surface area contributed by atoms with Gasteiger partial charge in [0.1, 0.15) is 0 Å². The van der Waals surface area contributed by atoms with Gasteiger partial charge in [0.15, 0.2) is 0 Å². The highest BCUT2D eigenvalue weighted by molar-refractivity contribution is 5.89. The fourth-order valence-corrected chi connectivity index (χ4v) is 4.39. The molecule has 1 fully saturated rings. The molecule has 3 aromatic carbocycles. The summed E-state index contributed by atoms with van der Waals surface area (Å²) in [5.41, 5.74) is 7.22. The van der Waals surface area contributed by atoms with Crippen molar-refractivity contribution in [3.8, 4) is 0 Å². The number of piperazine rings is 1. The molecule has 4 nitrogen and oxygen atoms in total. The molecule has 1 saturated heterocycles. The highest BCUT2D eigenvalue weighted by atomic mass is 16.2. The molecule has 0 unspecified atom stereocenters. The van der Waals surface area contributed by atoms with Crippen LogP contribution in [0.3, 0.4) is 0 Å². The van der Waals surface area contributed by atoms with Crippen LogP contribution in [0.25, 0.3) is 0 Å². The van der Waals surface area contributed by atoms with Crippen molar-refractivity contribution in [2.45, 2.75) is 26.8 Å². The number of carbonyl (C=O) groups excluding carboxylic acids is 1. The van der Waals surface area contributed by atoms with Gasteiger partial charge in [-0.1, -0.05) is 66.2 Å². The van der Waals surface area contributed by atoms with Crippen LogP contribution in [0.4, 0.5) is 10.5 Å². The highest BCUT2D eigenvalue weighted by Gasteiger charge is 2.29. The van der Waals surface area contributed by atoms with Crippen LogP contribution in [0, 0.1) is 20.8 Å². The van der Waals surface area contributed by atoms with E-state index < -0.39 is 0 Å². The van der Waals surface area contributed by atoms with Crippen molar-refractivity contribution in [2.75, 3.05) is 31.5 Å². The summed E-state index contributed by atoms with van der Waals surface area (Å²) in [5, 5.41) is 3.04. The molecule has 0 aliphatic carbocycles. The van der Waals surface area contributed by atoms with Gasteiger partial charge in [0.2, 0.25) is 0 Å². The van der Waals surface area contributed by atoms with Gasteiger partial charge in [-0.15, -0.1) is 0 Å². The van der Waals surface area contributed by atoms with Crippen LogP contribution in [-0.2, 0) is 0 Å². The van der Waals surface area contributed by atoms with Crippen LogP contribution in [0.2, 0.25) is 0 Å². The van der Waals surface area contributed by atoms with Gasteiger partial charge < -0.3 is 10.2 Å². The van der Waals surface area contributed by atoms with Crippen molar-refractivity contribution in [2.24, 2.45) is 0 Å². The smallest absolute Gasteiger partial charge is 0.321 e. The third-order valence-corrected chi connectivity index (χ3v) is 6.08. The molecular formula is C27H31N3O. The molecule has 4 heteroatoms. The number of hydrogen-bond donors (Lipinski definition) is 1. The van der Waals surface area contributed by atoms with Crippen molar-refractivity contribution in [3.63, 3.8) is 0 Å². The third kappa shape index (κ3) is 4.97. The zero-order valence-electron chi connectivity index (χ0n) is 18.6. The molecule has 0 spiro atoms. The highest BCUT2D eigenvalue weighted by Crippen LogP contribution is 2.32. The molecule has 0 bridgehead atoms. The quantitative estimate of drug-likeness (QED) is 0.609. The van der Waals surface area contributed by atoms with Crippen LogP contribution in [0.1, 0.15) is 33.9 Å². The Labute approximate surface area is 185 Å². The van der Waals surface area contributed by atoms with Gasteiger partial charge >= 0.3 is 6.03 Å². The predicted octanol–water partition coefficient (Wildman–Crippen LogP) is 5.55. The van der Waals surface area contributed by atoms with E-state index >= 15 is 0 Å². The Hall–Kier alpha value is -3.11.